The van der Waals surface area contributed by atoms with Gasteiger partial charge in [-0.1, -0.05) is 29.8 Å². The van der Waals surface area contributed by atoms with E-state index in [0.29, 0.717) is 10.8 Å². The fourth-order valence-electron chi connectivity index (χ4n) is 1.48. The molecule has 0 saturated heterocycles. The summed E-state index contributed by atoms with van der Waals surface area (Å²) in [5.41, 5.74) is 0.873. The van der Waals surface area contributed by atoms with Crippen molar-refractivity contribution in [3.8, 4) is 0 Å². The molecule has 1 amide bonds. The largest absolute Gasteiger partial charge is 0.317 e. The zero-order chi connectivity index (χ0) is 15.1. The Labute approximate surface area is 132 Å². The molecule has 0 radical (unpaired) electrons. The van der Waals surface area contributed by atoms with E-state index in [-0.39, 0.29) is 11.0 Å². The maximum Gasteiger partial charge on any atom is 0.250 e. The normalized spacial score (nSPS) is 10.3. The number of carbonyl (C=O) groups excluding carboxylic acids is 1. The molecular formula is C15H12ClN3OS. The molecule has 1 aromatic heterocycles. The van der Waals surface area contributed by atoms with Gasteiger partial charge in [-0.15, -0.1) is 0 Å². The molecule has 1 aromatic carbocycles. The number of anilines is 1. The summed E-state index contributed by atoms with van der Waals surface area (Å²) in [6, 6.07) is 12.5. The minimum atomic E-state index is -0.321. The standard InChI is InChI=1S/C15H12ClN3OS/c16-12-7-4-11(5-8-12)6-9-14(20)19-15(21)18-13-3-1-2-10-17-13/h1-10H,(H2,17,18,19,20,21)/b9-6+. The lowest BCUT2D eigenvalue weighted by atomic mass is 10.2. The van der Waals surface area contributed by atoms with Gasteiger partial charge in [0.1, 0.15) is 5.82 Å². The second-order valence-corrected chi connectivity index (χ2v) is 4.89. The van der Waals surface area contributed by atoms with Crippen LogP contribution < -0.4 is 10.6 Å². The van der Waals surface area contributed by atoms with Crippen LogP contribution in [0.4, 0.5) is 5.82 Å². The van der Waals surface area contributed by atoms with E-state index in [1.54, 1.807) is 36.5 Å². The topological polar surface area (TPSA) is 54.0 Å². The number of benzene rings is 1. The van der Waals surface area contributed by atoms with Crippen LogP contribution in [0.25, 0.3) is 6.08 Å². The number of carbonyl (C=O) groups is 1. The highest BCUT2D eigenvalue weighted by atomic mass is 35.5. The number of nitrogens with zero attached hydrogens (tertiary/aromatic N) is 1. The molecule has 2 N–H and O–H groups in total. The van der Waals surface area contributed by atoms with Crippen LogP contribution in [0.2, 0.25) is 5.02 Å². The number of amides is 1. The summed E-state index contributed by atoms with van der Waals surface area (Å²) >= 11 is 10.8. The minimum Gasteiger partial charge on any atom is -0.317 e. The van der Waals surface area contributed by atoms with Gasteiger partial charge >= 0.3 is 0 Å². The summed E-state index contributed by atoms with van der Waals surface area (Å²) in [4.78, 5) is 15.8. The quantitative estimate of drug-likeness (QED) is 0.674. The van der Waals surface area contributed by atoms with Gasteiger partial charge in [-0.05, 0) is 48.1 Å². The van der Waals surface area contributed by atoms with E-state index in [4.69, 9.17) is 23.8 Å². The molecule has 0 spiro atoms. The molecule has 0 saturated carbocycles. The summed E-state index contributed by atoms with van der Waals surface area (Å²) in [6.45, 7) is 0. The van der Waals surface area contributed by atoms with Crippen molar-refractivity contribution in [2.45, 2.75) is 0 Å². The molecule has 0 atom stereocenters. The van der Waals surface area contributed by atoms with Crippen molar-refractivity contribution in [3.63, 3.8) is 0 Å². The van der Waals surface area contributed by atoms with Crippen LogP contribution in [0.1, 0.15) is 5.56 Å². The van der Waals surface area contributed by atoms with E-state index in [2.05, 4.69) is 15.6 Å². The Hall–Kier alpha value is -2.24. The van der Waals surface area contributed by atoms with E-state index in [9.17, 15) is 4.79 Å². The highest BCUT2D eigenvalue weighted by Crippen LogP contribution is 2.10. The number of hydrogen-bond acceptors (Lipinski definition) is 3. The number of halogens is 1. The first kappa shape index (κ1) is 15.2. The third kappa shape index (κ3) is 5.33. The van der Waals surface area contributed by atoms with E-state index in [1.807, 2.05) is 18.2 Å². The molecule has 1 heterocycles. The van der Waals surface area contributed by atoms with Crippen molar-refractivity contribution in [2.75, 3.05) is 5.32 Å². The lowest BCUT2D eigenvalue weighted by Gasteiger charge is -2.06. The Morgan fingerprint density at radius 2 is 1.95 bits per heavy atom. The lowest BCUT2D eigenvalue weighted by Crippen LogP contribution is -2.33. The van der Waals surface area contributed by atoms with Gasteiger partial charge in [0.05, 0.1) is 0 Å². The SMILES string of the molecule is O=C(/C=C/c1ccc(Cl)cc1)NC(=S)Nc1ccccn1. The van der Waals surface area contributed by atoms with Crippen LogP contribution in [0.5, 0.6) is 0 Å². The zero-order valence-electron chi connectivity index (χ0n) is 10.9. The van der Waals surface area contributed by atoms with Gasteiger partial charge < -0.3 is 5.32 Å². The van der Waals surface area contributed by atoms with Crippen molar-refractivity contribution in [1.29, 1.82) is 0 Å². The summed E-state index contributed by atoms with van der Waals surface area (Å²) in [5, 5.41) is 6.20. The molecular weight excluding hydrogens is 306 g/mol. The zero-order valence-corrected chi connectivity index (χ0v) is 12.5. The Morgan fingerprint density at radius 1 is 1.19 bits per heavy atom. The first-order valence-electron chi connectivity index (χ1n) is 6.10. The number of nitrogens with one attached hydrogen (secondary N) is 2. The van der Waals surface area contributed by atoms with E-state index in [0.717, 1.165) is 5.56 Å². The monoisotopic (exact) mass is 317 g/mol. The summed E-state index contributed by atoms with van der Waals surface area (Å²) < 4.78 is 0. The second kappa shape index (κ2) is 7.52. The van der Waals surface area contributed by atoms with Crippen LogP contribution in [0.15, 0.2) is 54.7 Å². The maximum absolute atomic E-state index is 11.7. The highest BCUT2D eigenvalue weighted by molar-refractivity contribution is 7.80. The molecule has 4 nitrogen and oxygen atoms in total. The Morgan fingerprint density at radius 3 is 2.62 bits per heavy atom. The molecule has 0 aliphatic rings. The molecule has 0 bridgehead atoms. The number of rotatable bonds is 3. The average molecular weight is 318 g/mol. The third-order valence-electron chi connectivity index (χ3n) is 2.44. The van der Waals surface area contributed by atoms with E-state index < -0.39 is 0 Å². The molecule has 0 aliphatic carbocycles. The van der Waals surface area contributed by atoms with E-state index in [1.165, 1.54) is 6.08 Å². The van der Waals surface area contributed by atoms with Gasteiger partial charge in [0.25, 0.3) is 0 Å². The number of pyridine rings is 1. The van der Waals surface area contributed by atoms with Crippen LogP contribution in [0.3, 0.4) is 0 Å². The van der Waals surface area contributed by atoms with Crippen LogP contribution in [-0.4, -0.2) is 16.0 Å². The fraction of sp³-hybridized carbons (Fsp3) is 0. The second-order valence-electron chi connectivity index (χ2n) is 4.04. The highest BCUT2D eigenvalue weighted by Gasteiger charge is 2.01. The fourth-order valence-corrected chi connectivity index (χ4v) is 1.81. The van der Waals surface area contributed by atoms with Gasteiger partial charge in [0, 0.05) is 17.3 Å². The number of aromatic nitrogens is 1. The Bertz CT molecular complexity index is 656. The van der Waals surface area contributed by atoms with Crippen molar-refractivity contribution in [2.24, 2.45) is 0 Å². The number of hydrogen-bond donors (Lipinski definition) is 2. The van der Waals surface area contributed by atoms with Crippen molar-refractivity contribution < 1.29 is 4.79 Å². The minimum absolute atomic E-state index is 0.194. The van der Waals surface area contributed by atoms with Crippen molar-refractivity contribution >= 4 is 46.7 Å². The van der Waals surface area contributed by atoms with Crippen LogP contribution >= 0.6 is 23.8 Å². The molecule has 0 aliphatic heterocycles. The van der Waals surface area contributed by atoms with Gasteiger partial charge in [-0.3, -0.25) is 10.1 Å². The summed E-state index contributed by atoms with van der Waals surface area (Å²) in [7, 11) is 0. The molecule has 2 rings (SSSR count). The molecule has 2 aromatic rings. The van der Waals surface area contributed by atoms with Gasteiger partial charge in [0.2, 0.25) is 5.91 Å². The Kier molecular flexibility index (Phi) is 5.43. The van der Waals surface area contributed by atoms with Crippen molar-refractivity contribution in [3.05, 3.63) is 65.3 Å². The summed E-state index contributed by atoms with van der Waals surface area (Å²) in [5.74, 6) is 0.253. The lowest BCUT2D eigenvalue weighted by molar-refractivity contribution is -0.115. The molecule has 21 heavy (non-hydrogen) atoms. The van der Waals surface area contributed by atoms with Crippen LogP contribution in [0, 0.1) is 0 Å². The van der Waals surface area contributed by atoms with Crippen molar-refractivity contribution in [1.82, 2.24) is 10.3 Å². The van der Waals surface area contributed by atoms with Crippen LogP contribution in [-0.2, 0) is 4.79 Å². The molecule has 0 unspecified atom stereocenters. The maximum atomic E-state index is 11.7. The molecule has 106 valence electrons. The molecule has 0 fully saturated rings. The Balaban J connectivity index is 1.86. The van der Waals surface area contributed by atoms with Gasteiger partial charge in [0.15, 0.2) is 5.11 Å². The summed E-state index contributed by atoms with van der Waals surface area (Å²) in [6.07, 6.45) is 4.71. The first-order chi connectivity index (χ1) is 10.1. The number of thiocarbonyl (C=S) groups is 1. The predicted octanol–water partition coefficient (Wildman–Crippen LogP) is 3.26. The third-order valence-corrected chi connectivity index (χ3v) is 2.90. The van der Waals surface area contributed by atoms with Gasteiger partial charge in [-0.25, -0.2) is 4.98 Å². The predicted molar refractivity (Wildman–Crippen MR) is 89.1 cm³/mol. The smallest absolute Gasteiger partial charge is 0.250 e. The van der Waals surface area contributed by atoms with Gasteiger partial charge in [-0.2, -0.15) is 0 Å². The van der Waals surface area contributed by atoms with E-state index >= 15 is 0 Å². The molecule has 6 heteroatoms. The first-order valence-corrected chi connectivity index (χ1v) is 6.89. The average Bonchev–Trinajstić information content (AvgIpc) is 2.47.